The van der Waals surface area contributed by atoms with Crippen molar-refractivity contribution in [1.29, 1.82) is 0 Å². The highest BCUT2D eigenvalue weighted by Gasteiger charge is 2.14. The maximum atomic E-state index is 4.92. The maximum absolute atomic E-state index is 4.92. The summed E-state index contributed by atoms with van der Waals surface area (Å²) in [5.74, 6) is 1.98. The van der Waals surface area contributed by atoms with Crippen molar-refractivity contribution < 1.29 is 0 Å². The van der Waals surface area contributed by atoms with Crippen molar-refractivity contribution in [1.82, 2.24) is 15.0 Å². The molecule has 0 saturated carbocycles. The van der Waals surface area contributed by atoms with Gasteiger partial charge in [0.2, 0.25) is 0 Å². The molecule has 0 N–H and O–H groups in total. The molecule has 3 nitrogen and oxygen atoms in total. The van der Waals surface area contributed by atoms with Gasteiger partial charge in [0.05, 0.1) is 0 Å². The molecule has 0 amide bonds. The van der Waals surface area contributed by atoms with Gasteiger partial charge in [0.25, 0.3) is 0 Å². The second kappa shape index (κ2) is 11.0. The van der Waals surface area contributed by atoms with Crippen LogP contribution in [0.1, 0.15) is 0 Å². The van der Waals surface area contributed by atoms with Gasteiger partial charge in [0.15, 0.2) is 17.5 Å². The fraction of sp³-hybridized carbons (Fsp3) is 0. The maximum Gasteiger partial charge on any atom is 0.164 e. The second-order valence-electron chi connectivity index (χ2n) is 10.9. The smallest absolute Gasteiger partial charge is 0.164 e. The van der Waals surface area contributed by atoms with Crippen molar-refractivity contribution in [3.63, 3.8) is 0 Å². The highest BCUT2D eigenvalue weighted by molar-refractivity contribution is 6.06. The van der Waals surface area contributed by atoms with Gasteiger partial charge in [0, 0.05) is 16.7 Å². The summed E-state index contributed by atoms with van der Waals surface area (Å²) in [7, 11) is 0. The van der Waals surface area contributed by atoms with Gasteiger partial charge in [-0.25, -0.2) is 15.0 Å². The first kappa shape index (κ1) is 25.8. The topological polar surface area (TPSA) is 38.7 Å². The lowest BCUT2D eigenvalue weighted by Gasteiger charge is -2.13. The van der Waals surface area contributed by atoms with Crippen LogP contribution in [0.5, 0.6) is 0 Å². The summed E-state index contributed by atoms with van der Waals surface area (Å²) < 4.78 is 0. The second-order valence-corrected chi connectivity index (χ2v) is 10.9. The van der Waals surface area contributed by atoms with Gasteiger partial charge in [-0.1, -0.05) is 152 Å². The van der Waals surface area contributed by atoms with Crippen molar-refractivity contribution in [2.75, 3.05) is 0 Å². The highest BCUT2D eigenvalue weighted by atomic mass is 15.0. The number of fused-ring (bicyclic) bond motifs is 2. The average Bonchev–Trinajstić information content (AvgIpc) is 3.11. The van der Waals surface area contributed by atoms with Crippen molar-refractivity contribution in [2.45, 2.75) is 0 Å². The lowest BCUT2D eigenvalue weighted by Crippen LogP contribution is -2.00. The summed E-state index contributed by atoms with van der Waals surface area (Å²) in [6.07, 6.45) is 0. The molecule has 0 bridgehead atoms. The Labute approximate surface area is 256 Å². The molecule has 0 spiro atoms. The summed E-state index contributed by atoms with van der Waals surface area (Å²) >= 11 is 0. The monoisotopic (exact) mass is 561 g/mol. The predicted molar refractivity (Wildman–Crippen MR) is 182 cm³/mol. The standard InChI is InChI=1S/C41H27N3/c1-4-12-28(13-5-1)35-24-25-36(38-19-11-10-18-37(35)38)33-22-20-32-27-34(23-21-31(32)26-33)41-43-39(29-14-6-2-7-15-29)42-40(44-41)30-16-8-3-9-17-30/h1-27H. The van der Waals surface area contributed by atoms with E-state index in [-0.39, 0.29) is 0 Å². The number of rotatable bonds is 5. The number of aromatic nitrogens is 3. The molecule has 0 saturated heterocycles. The molecule has 0 atom stereocenters. The van der Waals surface area contributed by atoms with Crippen molar-refractivity contribution in [3.05, 3.63) is 164 Å². The first-order chi connectivity index (χ1) is 21.8. The Morgan fingerprint density at radius 2 is 0.659 bits per heavy atom. The van der Waals surface area contributed by atoms with Crippen LogP contribution in [0.2, 0.25) is 0 Å². The largest absolute Gasteiger partial charge is 0.208 e. The third-order valence-corrected chi connectivity index (χ3v) is 8.12. The third-order valence-electron chi connectivity index (χ3n) is 8.12. The quantitative estimate of drug-likeness (QED) is 0.210. The van der Waals surface area contributed by atoms with Crippen LogP contribution in [-0.4, -0.2) is 15.0 Å². The molecule has 0 radical (unpaired) electrons. The zero-order valence-electron chi connectivity index (χ0n) is 23.9. The summed E-state index contributed by atoms with van der Waals surface area (Å²) in [4.78, 5) is 14.7. The minimum atomic E-state index is 0.658. The van der Waals surface area contributed by atoms with Gasteiger partial charge in [-0.15, -0.1) is 0 Å². The lowest BCUT2D eigenvalue weighted by atomic mass is 9.91. The zero-order chi connectivity index (χ0) is 29.3. The molecule has 44 heavy (non-hydrogen) atoms. The first-order valence-electron chi connectivity index (χ1n) is 14.8. The Kier molecular flexibility index (Phi) is 6.47. The van der Waals surface area contributed by atoms with Crippen molar-refractivity contribution >= 4 is 21.5 Å². The SMILES string of the molecule is c1ccc(-c2nc(-c3ccccc3)nc(-c3ccc4cc(-c5ccc(-c6ccccc6)c6ccccc56)ccc4c3)n2)cc1. The first-order valence-corrected chi connectivity index (χ1v) is 14.8. The molecular weight excluding hydrogens is 534 g/mol. The normalized spacial score (nSPS) is 11.2. The average molecular weight is 562 g/mol. The van der Waals surface area contributed by atoms with Gasteiger partial charge in [-0.3, -0.25) is 0 Å². The lowest BCUT2D eigenvalue weighted by molar-refractivity contribution is 1.07. The van der Waals surface area contributed by atoms with Crippen molar-refractivity contribution in [3.8, 4) is 56.4 Å². The Morgan fingerprint density at radius 3 is 1.18 bits per heavy atom. The molecule has 0 aliphatic rings. The van der Waals surface area contributed by atoms with E-state index < -0.39 is 0 Å². The van der Waals surface area contributed by atoms with E-state index >= 15 is 0 Å². The predicted octanol–water partition coefficient (Wildman–Crippen LogP) is 10.5. The molecule has 0 aliphatic heterocycles. The van der Waals surface area contributed by atoms with Crippen LogP contribution in [0.3, 0.4) is 0 Å². The molecule has 0 unspecified atom stereocenters. The Morgan fingerprint density at radius 1 is 0.273 bits per heavy atom. The van der Waals surface area contributed by atoms with Crippen LogP contribution in [0, 0.1) is 0 Å². The van der Waals surface area contributed by atoms with Crippen LogP contribution in [0.25, 0.3) is 78.0 Å². The minimum absolute atomic E-state index is 0.658. The minimum Gasteiger partial charge on any atom is -0.208 e. The Bertz CT molecular complexity index is 2200. The molecule has 3 heteroatoms. The molecule has 206 valence electrons. The Balaban J connectivity index is 1.21. The van der Waals surface area contributed by atoms with Gasteiger partial charge < -0.3 is 0 Å². The van der Waals surface area contributed by atoms with E-state index in [1.54, 1.807) is 0 Å². The molecule has 0 fully saturated rings. The third kappa shape index (κ3) is 4.81. The molecule has 1 aromatic heterocycles. The van der Waals surface area contributed by atoms with Gasteiger partial charge in [0.1, 0.15) is 0 Å². The van der Waals surface area contributed by atoms with Gasteiger partial charge in [-0.05, 0) is 55.9 Å². The van der Waals surface area contributed by atoms with E-state index in [1.807, 2.05) is 60.7 Å². The molecule has 1 heterocycles. The highest BCUT2D eigenvalue weighted by Crippen LogP contribution is 2.37. The molecule has 0 aliphatic carbocycles. The van der Waals surface area contributed by atoms with E-state index in [0.717, 1.165) is 22.1 Å². The van der Waals surface area contributed by atoms with Crippen LogP contribution in [0.4, 0.5) is 0 Å². The van der Waals surface area contributed by atoms with Crippen LogP contribution >= 0.6 is 0 Å². The summed E-state index contributed by atoms with van der Waals surface area (Å²) in [5, 5.41) is 4.81. The molecular formula is C41H27N3. The van der Waals surface area contributed by atoms with Crippen molar-refractivity contribution in [2.24, 2.45) is 0 Å². The molecule has 8 aromatic rings. The van der Waals surface area contributed by atoms with Crippen LogP contribution < -0.4 is 0 Å². The van der Waals surface area contributed by atoms with E-state index in [4.69, 9.17) is 15.0 Å². The van der Waals surface area contributed by atoms with Crippen LogP contribution in [-0.2, 0) is 0 Å². The summed E-state index contributed by atoms with van der Waals surface area (Å²) in [6, 6.07) is 57.1. The number of hydrogen-bond acceptors (Lipinski definition) is 3. The zero-order valence-corrected chi connectivity index (χ0v) is 23.9. The number of nitrogens with zero attached hydrogens (tertiary/aromatic N) is 3. The van der Waals surface area contributed by atoms with E-state index in [9.17, 15) is 0 Å². The van der Waals surface area contributed by atoms with E-state index in [0.29, 0.717) is 17.5 Å². The van der Waals surface area contributed by atoms with Crippen LogP contribution in [0.15, 0.2) is 164 Å². The molecule has 8 rings (SSSR count). The number of benzene rings is 7. The Hall–Kier alpha value is -5.93. The fourth-order valence-corrected chi connectivity index (χ4v) is 5.91. The van der Waals surface area contributed by atoms with Gasteiger partial charge in [-0.2, -0.15) is 0 Å². The van der Waals surface area contributed by atoms with Gasteiger partial charge >= 0.3 is 0 Å². The van der Waals surface area contributed by atoms with E-state index in [2.05, 4.69) is 103 Å². The molecule has 7 aromatic carbocycles. The van der Waals surface area contributed by atoms with E-state index in [1.165, 1.54) is 38.4 Å². The summed E-state index contributed by atoms with van der Waals surface area (Å²) in [5.41, 5.74) is 7.78. The fourth-order valence-electron chi connectivity index (χ4n) is 5.91. The summed E-state index contributed by atoms with van der Waals surface area (Å²) in [6.45, 7) is 0. The number of hydrogen-bond donors (Lipinski definition) is 0.